The van der Waals surface area contributed by atoms with E-state index in [-0.39, 0.29) is 5.38 Å². The first kappa shape index (κ1) is 12.6. The van der Waals surface area contributed by atoms with Gasteiger partial charge >= 0.3 is 0 Å². The van der Waals surface area contributed by atoms with Crippen molar-refractivity contribution in [3.8, 4) is 0 Å². The Balaban J connectivity index is 2.44. The number of halogens is 1. The van der Waals surface area contributed by atoms with Crippen molar-refractivity contribution >= 4 is 11.6 Å². The van der Waals surface area contributed by atoms with Crippen molar-refractivity contribution in [3.05, 3.63) is 35.4 Å². The SMILES string of the molecule is CCC(C)CC(Cl)Cc1ccc(C)cc1. The zero-order valence-electron chi connectivity index (χ0n) is 9.96. The van der Waals surface area contributed by atoms with E-state index >= 15 is 0 Å². The van der Waals surface area contributed by atoms with E-state index in [1.807, 2.05) is 0 Å². The predicted octanol–water partition coefficient (Wildman–Crippen LogP) is 4.58. The van der Waals surface area contributed by atoms with Crippen LogP contribution in [-0.2, 0) is 6.42 Å². The van der Waals surface area contributed by atoms with Gasteiger partial charge in [0.05, 0.1) is 0 Å². The minimum absolute atomic E-state index is 0.280. The molecule has 1 heteroatoms. The van der Waals surface area contributed by atoms with Gasteiger partial charge in [0, 0.05) is 5.38 Å². The summed E-state index contributed by atoms with van der Waals surface area (Å²) in [5, 5.41) is 0.280. The van der Waals surface area contributed by atoms with Gasteiger partial charge in [-0.1, -0.05) is 50.1 Å². The molecule has 0 bridgehead atoms. The van der Waals surface area contributed by atoms with Crippen LogP contribution in [-0.4, -0.2) is 5.38 Å². The number of benzene rings is 1. The first-order valence-corrected chi connectivity index (χ1v) is 6.25. The van der Waals surface area contributed by atoms with Gasteiger partial charge in [0.1, 0.15) is 0 Å². The van der Waals surface area contributed by atoms with E-state index in [1.165, 1.54) is 17.5 Å². The molecule has 0 amide bonds. The fraction of sp³-hybridized carbons (Fsp3) is 0.571. The molecule has 0 aliphatic carbocycles. The van der Waals surface area contributed by atoms with Crippen LogP contribution >= 0.6 is 11.6 Å². The summed E-state index contributed by atoms with van der Waals surface area (Å²) < 4.78 is 0. The Labute approximate surface area is 98.7 Å². The van der Waals surface area contributed by atoms with Gasteiger partial charge in [0.25, 0.3) is 0 Å². The third-order valence-corrected chi connectivity index (χ3v) is 3.27. The van der Waals surface area contributed by atoms with Gasteiger partial charge in [-0.15, -0.1) is 11.6 Å². The average molecular weight is 225 g/mol. The summed E-state index contributed by atoms with van der Waals surface area (Å²) in [5.41, 5.74) is 2.66. The average Bonchev–Trinajstić information content (AvgIpc) is 2.21. The molecule has 0 fully saturated rings. The molecule has 0 radical (unpaired) electrons. The second kappa shape index (κ2) is 6.17. The first-order valence-electron chi connectivity index (χ1n) is 5.81. The van der Waals surface area contributed by atoms with Crippen LogP contribution in [0.4, 0.5) is 0 Å². The molecule has 15 heavy (non-hydrogen) atoms. The number of aryl methyl sites for hydroxylation is 1. The number of rotatable bonds is 5. The first-order chi connectivity index (χ1) is 7.11. The van der Waals surface area contributed by atoms with Crippen LogP contribution in [0.5, 0.6) is 0 Å². The fourth-order valence-corrected chi connectivity index (χ4v) is 2.15. The Hall–Kier alpha value is -0.490. The molecular weight excluding hydrogens is 204 g/mol. The predicted molar refractivity (Wildman–Crippen MR) is 68.6 cm³/mol. The molecule has 0 saturated carbocycles. The molecule has 1 aromatic carbocycles. The minimum Gasteiger partial charge on any atom is -0.123 e. The summed E-state index contributed by atoms with van der Waals surface area (Å²) in [6.45, 7) is 6.60. The fourth-order valence-electron chi connectivity index (χ4n) is 1.67. The van der Waals surface area contributed by atoms with Crippen LogP contribution in [0.15, 0.2) is 24.3 Å². The maximum absolute atomic E-state index is 6.33. The molecule has 0 heterocycles. The van der Waals surface area contributed by atoms with Crippen LogP contribution in [0.1, 0.15) is 37.8 Å². The van der Waals surface area contributed by atoms with Gasteiger partial charge in [-0.25, -0.2) is 0 Å². The molecule has 0 spiro atoms. The highest BCUT2D eigenvalue weighted by Crippen LogP contribution is 2.18. The monoisotopic (exact) mass is 224 g/mol. The Morgan fingerprint density at radius 1 is 1.20 bits per heavy atom. The van der Waals surface area contributed by atoms with E-state index in [0.29, 0.717) is 0 Å². The number of hydrogen-bond donors (Lipinski definition) is 0. The highest BCUT2D eigenvalue weighted by atomic mass is 35.5. The molecule has 1 aromatic rings. The van der Waals surface area contributed by atoms with Gasteiger partial charge < -0.3 is 0 Å². The van der Waals surface area contributed by atoms with Crippen LogP contribution in [0.3, 0.4) is 0 Å². The van der Waals surface area contributed by atoms with Crippen LogP contribution in [0.25, 0.3) is 0 Å². The van der Waals surface area contributed by atoms with Gasteiger partial charge in [-0.2, -0.15) is 0 Å². The lowest BCUT2D eigenvalue weighted by Crippen LogP contribution is -2.08. The van der Waals surface area contributed by atoms with Crippen molar-refractivity contribution in [1.29, 1.82) is 0 Å². The maximum atomic E-state index is 6.33. The highest BCUT2D eigenvalue weighted by molar-refractivity contribution is 6.20. The zero-order valence-corrected chi connectivity index (χ0v) is 10.7. The van der Waals surface area contributed by atoms with E-state index in [4.69, 9.17) is 11.6 Å². The third-order valence-electron chi connectivity index (χ3n) is 2.93. The van der Waals surface area contributed by atoms with Crippen molar-refractivity contribution in [2.24, 2.45) is 5.92 Å². The van der Waals surface area contributed by atoms with E-state index in [1.54, 1.807) is 0 Å². The van der Waals surface area contributed by atoms with E-state index < -0.39 is 0 Å². The topological polar surface area (TPSA) is 0 Å². The summed E-state index contributed by atoms with van der Waals surface area (Å²) in [6, 6.07) is 8.67. The van der Waals surface area contributed by atoms with E-state index in [2.05, 4.69) is 45.0 Å². The summed E-state index contributed by atoms with van der Waals surface area (Å²) in [7, 11) is 0. The molecule has 0 aromatic heterocycles. The lowest BCUT2D eigenvalue weighted by atomic mass is 9.98. The van der Waals surface area contributed by atoms with Crippen LogP contribution < -0.4 is 0 Å². The van der Waals surface area contributed by atoms with Crippen molar-refractivity contribution < 1.29 is 0 Å². The lowest BCUT2D eigenvalue weighted by molar-refractivity contribution is 0.500. The molecule has 2 unspecified atom stereocenters. The lowest BCUT2D eigenvalue weighted by Gasteiger charge is -2.14. The standard InChI is InChI=1S/C14H21Cl/c1-4-11(2)9-14(15)10-13-7-5-12(3)6-8-13/h5-8,11,14H,4,9-10H2,1-3H3. The summed E-state index contributed by atoms with van der Waals surface area (Å²) in [4.78, 5) is 0. The quantitative estimate of drug-likeness (QED) is 0.643. The van der Waals surface area contributed by atoms with Gasteiger partial charge in [0.15, 0.2) is 0 Å². The number of hydrogen-bond acceptors (Lipinski definition) is 0. The molecule has 0 aliphatic heterocycles. The normalized spacial score (nSPS) is 14.9. The van der Waals surface area contributed by atoms with Crippen molar-refractivity contribution in [2.45, 2.75) is 45.4 Å². The number of alkyl halides is 1. The third kappa shape index (κ3) is 4.70. The smallest absolute Gasteiger partial charge is 0.0378 e. The highest BCUT2D eigenvalue weighted by Gasteiger charge is 2.09. The minimum atomic E-state index is 0.280. The summed E-state index contributed by atoms with van der Waals surface area (Å²) in [6.07, 6.45) is 3.33. The Morgan fingerprint density at radius 2 is 1.80 bits per heavy atom. The van der Waals surface area contributed by atoms with Crippen LogP contribution in [0.2, 0.25) is 0 Å². The molecule has 84 valence electrons. The van der Waals surface area contributed by atoms with Gasteiger partial charge in [-0.05, 0) is 31.2 Å². The molecule has 1 rings (SSSR count). The second-order valence-electron chi connectivity index (χ2n) is 4.54. The molecule has 2 atom stereocenters. The Bertz CT molecular complexity index is 276. The summed E-state index contributed by atoms with van der Waals surface area (Å²) in [5.74, 6) is 0.734. The van der Waals surface area contributed by atoms with E-state index in [0.717, 1.165) is 18.8 Å². The van der Waals surface area contributed by atoms with Crippen molar-refractivity contribution in [1.82, 2.24) is 0 Å². The second-order valence-corrected chi connectivity index (χ2v) is 5.15. The Kier molecular flexibility index (Phi) is 5.17. The summed E-state index contributed by atoms with van der Waals surface area (Å²) >= 11 is 6.33. The molecule has 0 saturated heterocycles. The van der Waals surface area contributed by atoms with Crippen molar-refractivity contribution in [3.63, 3.8) is 0 Å². The van der Waals surface area contributed by atoms with Gasteiger partial charge in [0.2, 0.25) is 0 Å². The molecule has 0 nitrogen and oxygen atoms in total. The molecular formula is C14H21Cl. The molecule has 0 aliphatic rings. The van der Waals surface area contributed by atoms with E-state index in [9.17, 15) is 0 Å². The van der Waals surface area contributed by atoms with Gasteiger partial charge in [-0.3, -0.25) is 0 Å². The van der Waals surface area contributed by atoms with Crippen LogP contribution in [0, 0.1) is 12.8 Å². The molecule has 0 N–H and O–H groups in total. The maximum Gasteiger partial charge on any atom is 0.0378 e. The Morgan fingerprint density at radius 3 is 2.33 bits per heavy atom. The van der Waals surface area contributed by atoms with Crippen molar-refractivity contribution in [2.75, 3.05) is 0 Å². The largest absolute Gasteiger partial charge is 0.123 e. The zero-order chi connectivity index (χ0) is 11.3.